The maximum atomic E-state index is 11.3. The number of hydrogen-bond donors (Lipinski definition) is 1. The van der Waals surface area contributed by atoms with Gasteiger partial charge in [0.25, 0.3) is 0 Å². The third-order valence-electron chi connectivity index (χ3n) is 0.914. The molecule has 0 rings (SSSR count). The molecular weight excluding hydrogens is 95.1 g/mol. The van der Waals surface area contributed by atoms with E-state index in [1.807, 2.05) is 6.92 Å². The molecule has 2 heteroatoms. The van der Waals surface area contributed by atoms with Gasteiger partial charge >= 0.3 is 0 Å². The van der Waals surface area contributed by atoms with Crippen LogP contribution in [0.15, 0.2) is 0 Å². The van der Waals surface area contributed by atoms with Crippen molar-refractivity contribution in [3.63, 3.8) is 0 Å². The molecule has 0 saturated carbocycles. The second kappa shape index (κ2) is 4.06. The average Bonchev–Trinajstić information content (AvgIpc) is 1.68. The third kappa shape index (κ3) is 3.73. The normalized spacial score (nSPS) is 14.1. The minimum atomic E-state index is -0.318. The Bertz CT molecular complexity index is 39.1. The molecule has 0 aromatic rings. The van der Waals surface area contributed by atoms with Crippen molar-refractivity contribution in [1.29, 1.82) is 0 Å². The van der Waals surface area contributed by atoms with Gasteiger partial charge in [-0.05, 0) is 12.3 Å². The van der Waals surface area contributed by atoms with Crippen molar-refractivity contribution in [2.75, 3.05) is 13.3 Å². The fraction of sp³-hybridized carbons (Fsp3) is 1.00. The van der Waals surface area contributed by atoms with Crippen LogP contribution in [0.2, 0.25) is 0 Å². The first-order chi connectivity index (χ1) is 3.31. The van der Waals surface area contributed by atoms with Gasteiger partial charge in [-0.1, -0.05) is 6.92 Å². The van der Waals surface area contributed by atoms with Gasteiger partial charge in [-0.3, -0.25) is 4.39 Å². The molecule has 1 N–H and O–H groups in total. The molecule has 0 aliphatic rings. The summed E-state index contributed by atoms with van der Waals surface area (Å²) >= 11 is 0. The van der Waals surface area contributed by atoms with E-state index in [2.05, 4.69) is 0 Å². The largest absolute Gasteiger partial charge is 0.396 e. The molecule has 0 aromatic carbocycles. The first-order valence-electron chi connectivity index (χ1n) is 2.48. The first kappa shape index (κ1) is 6.89. The van der Waals surface area contributed by atoms with E-state index < -0.39 is 0 Å². The van der Waals surface area contributed by atoms with Crippen LogP contribution in [-0.2, 0) is 0 Å². The molecule has 0 heterocycles. The summed E-state index contributed by atoms with van der Waals surface area (Å²) in [5.74, 6) is 0.130. The maximum Gasteiger partial charge on any atom is 0.0897 e. The van der Waals surface area contributed by atoms with Gasteiger partial charge in [0.1, 0.15) is 0 Å². The van der Waals surface area contributed by atoms with Gasteiger partial charge in [-0.15, -0.1) is 0 Å². The van der Waals surface area contributed by atoms with E-state index in [1.165, 1.54) is 0 Å². The van der Waals surface area contributed by atoms with Crippen molar-refractivity contribution in [1.82, 2.24) is 0 Å². The van der Waals surface area contributed by atoms with Crippen molar-refractivity contribution in [2.24, 2.45) is 5.92 Å². The molecule has 0 aliphatic heterocycles. The first-order valence-corrected chi connectivity index (χ1v) is 2.48. The predicted octanol–water partition coefficient (Wildman–Crippen LogP) is 0.974. The number of alkyl halides is 1. The zero-order valence-electron chi connectivity index (χ0n) is 4.52. The van der Waals surface area contributed by atoms with Gasteiger partial charge in [0.2, 0.25) is 0 Å². The zero-order chi connectivity index (χ0) is 5.70. The van der Waals surface area contributed by atoms with Crippen molar-refractivity contribution in [3.05, 3.63) is 0 Å². The van der Waals surface area contributed by atoms with Crippen LogP contribution in [-0.4, -0.2) is 18.4 Å². The van der Waals surface area contributed by atoms with Crippen LogP contribution in [0, 0.1) is 5.92 Å². The average molecular weight is 106 g/mol. The fourth-order valence-corrected chi connectivity index (χ4v) is 0.278. The van der Waals surface area contributed by atoms with E-state index in [9.17, 15) is 4.39 Å². The van der Waals surface area contributed by atoms with Crippen LogP contribution in [0.5, 0.6) is 0 Å². The van der Waals surface area contributed by atoms with Crippen LogP contribution >= 0.6 is 0 Å². The van der Waals surface area contributed by atoms with Crippen molar-refractivity contribution in [2.45, 2.75) is 13.3 Å². The van der Waals surface area contributed by atoms with E-state index in [-0.39, 0.29) is 19.2 Å². The fourth-order valence-electron chi connectivity index (χ4n) is 0.278. The predicted molar refractivity (Wildman–Crippen MR) is 26.8 cm³/mol. The highest BCUT2D eigenvalue weighted by atomic mass is 19.1. The highest BCUT2D eigenvalue weighted by Crippen LogP contribution is 1.98. The summed E-state index contributed by atoms with van der Waals surface area (Å²) in [6.07, 6.45) is 0.483. The van der Waals surface area contributed by atoms with Crippen LogP contribution < -0.4 is 0 Å². The van der Waals surface area contributed by atoms with Crippen LogP contribution in [0.25, 0.3) is 0 Å². The summed E-state index contributed by atoms with van der Waals surface area (Å²) in [4.78, 5) is 0. The number of halogens is 1. The van der Waals surface area contributed by atoms with Gasteiger partial charge in [0.05, 0.1) is 6.67 Å². The molecule has 0 amide bonds. The molecule has 0 radical (unpaired) electrons. The van der Waals surface area contributed by atoms with Crippen LogP contribution in [0.4, 0.5) is 4.39 Å². The van der Waals surface area contributed by atoms with Gasteiger partial charge in [0, 0.05) is 6.61 Å². The van der Waals surface area contributed by atoms with E-state index in [0.29, 0.717) is 6.42 Å². The molecule has 0 spiro atoms. The second-order valence-corrected chi connectivity index (χ2v) is 1.77. The lowest BCUT2D eigenvalue weighted by molar-refractivity contribution is 0.220. The molecule has 1 nitrogen and oxygen atoms in total. The topological polar surface area (TPSA) is 20.2 Å². The van der Waals surface area contributed by atoms with Crippen LogP contribution in [0.1, 0.15) is 13.3 Å². The molecule has 0 unspecified atom stereocenters. The molecule has 0 saturated heterocycles. The van der Waals surface area contributed by atoms with Crippen molar-refractivity contribution < 1.29 is 9.50 Å². The molecule has 0 fully saturated rings. The minimum Gasteiger partial charge on any atom is -0.396 e. The number of rotatable bonds is 3. The Morgan fingerprint density at radius 2 is 2.29 bits per heavy atom. The lowest BCUT2D eigenvalue weighted by atomic mass is 10.1. The molecule has 0 aliphatic carbocycles. The Morgan fingerprint density at radius 3 is 2.43 bits per heavy atom. The van der Waals surface area contributed by atoms with Gasteiger partial charge in [-0.2, -0.15) is 0 Å². The van der Waals surface area contributed by atoms with E-state index in [4.69, 9.17) is 5.11 Å². The SMILES string of the molecule is C[C@@H](CO)CCF. The van der Waals surface area contributed by atoms with Crippen molar-refractivity contribution >= 4 is 0 Å². The minimum absolute atomic E-state index is 0.101. The molecule has 44 valence electrons. The monoisotopic (exact) mass is 106 g/mol. The lowest BCUT2D eigenvalue weighted by Gasteiger charge is -2.00. The Morgan fingerprint density at radius 1 is 1.71 bits per heavy atom. The number of aliphatic hydroxyl groups is 1. The Labute approximate surface area is 43.2 Å². The number of hydrogen-bond acceptors (Lipinski definition) is 1. The molecule has 0 bridgehead atoms. The highest BCUT2D eigenvalue weighted by molar-refractivity contribution is 4.46. The van der Waals surface area contributed by atoms with Gasteiger partial charge in [-0.25, -0.2) is 0 Å². The summed E-state index contributed by atoms with van der Waals surface area (Å²) in [7, 11) is 0. The van der Waals surface area contributed by atoms with E-state index >= 15 is 0 Å². The Balaban J connectivity index is 2.83. The Kier molecular flexibility index (Phi) is 4.00. The molecule has 7 heavy (non-hydrogen) atoms. The summed E-state index contributed by atoms with van der Waals surface area (Å²) < 4.78 is 11.3. The maximum absolute atomic E-state index is 11.3. The van der Waals surface area contributed by atoms with E-state index in [0.717, 1.165) is 0 Å². The standard InChI is InChI=1S/C5H11FO/c1-5(4-7)2-3-6/h5,7H,2-4H2,1H3/t5-/m1/s1. The third-order valence-corrected chi connectivity index (χ3v) is 0.914. The molecule has 1 atom stereocenters. The molecular formula is C5H11FO. The zero-order valence-corrected chi connectivity index (χ0v) is 4.52. The summed E-state index contributed by atoms with van der Waals surface area (Å²) in [5.41, 5.74) is 0. The molecule has 0 aromatic heterocycles. The van der Waals surface area contributed by atoms with Crippen LogP contribution in [0.3, 0.4) is 0 Å². The Hall–Kier alpha value is -0.110. The summed E-state index contributed by atoms with van der Waals surface area (Å²) in [5, 5.41) is 8.30. The summed E-state index contributed by atoms with van der Waals surface area (Å²) in [6, 6.07) is 0. The van der Waals surface area contributed by atoms with E-state index in [1.54, 1.807) is 0 Å². The number of aliphatic hydroxyl groups excluding tert-OH is 1. The van der Waals surface area contributed by atoms with Gasteiger partial charge in [0.15, 0.2) is 0 Å². The quantitative estimate of drug-likeness (QED) is 0.568. The summed E-state index contributed by atoms with van der Waals surface area (Å²) in [6.45, 7) is 1.60. The second-order valence-electron chi connectivity index (χ2n) is 1.77. The van der Waals surface area contributed by atoms with Crippen molar-refractivity contribution in [3.8, 4) is 0 Å². The lowest BCUT2D eigenvalue weighted by Crippen LogP contribution is -2.00. The van der Waals surface area contributed by atoms with Gasteiger partial charge < -0.3 is 5.11 Å². The smallest absolute Gasteiger partial charge is 0.0897 e. The highest BCUT2D eigenvalue weighted by Gasteiger charge is 1.95.